The van der Waals surface area contributed by atoms with Crippen LogP contribution in [-0.2, 0) is 9.59 Å². The average Bonchev–Trinajstić information content (AvgIpc) is 2.85. The third kappa shape index (κ3) is 7.89. The van der Waals surface area contributed by atoms with Crippen molar-refractivity contribution in [3.05, 3.63) is 82.9 Å². The molecule has 0 spiro atoms. The minimum atomic E-state index is -0.279. The lowest BCUT2D eigenvalue weighted by Gasteiger charge is -2.11. The van der Waals surface area contributed by atoms with E-state index >= 15 is 0 Å². The highest BCUT2D eigenvalue weighted by molar-refractivity contribution is 5.92. The number of rotatable bonds is 10. The van der Waals surface area contributed by atoms with Crippen LogP contribution in [0, 0.1) is 20.8 Å². The molecule has 182 valence electrons. The van der Waals surface area contributed by atoms with Crippen molar-refractivity contribution in [1.82, 2.24) is 5.43 Å². The molecule has 35 heavy (non-hydrogen) atoms. The smallest absolute Gasteiger partial charge is 0.262 e. The molecule has 0 radical (unpaired) electrons. The van der Waals surface area contributed by atoms with Crippen molar-refractivity contribution in [2.24, 2.45) is 5.10 Å². The summed E-state index contributed by atoms with van der Waals surface area (Å²) < 4.78 is 11.0. The zero-order valence-electron chi connectivity index (χ0n) is 20.3. The second-order valence-electron chi connectivity index (χ2n) is 8.06. The van der Waals surface area contributed by atoms with Gasteiger partial charge in [-0.2, -0.15) is 5.10 Å². The largest absolute Gasteiger partial charge is 0.493 e. The number of aryl methyl sites for hydroxylation is 3. The van der Waals surface area contributed by atoms with E-state index in [9.17, 15) is 9.59 Å². The molecule has 0 aromatic heterocycles. The predicted molar refractivity (Wildman–Crippen MR) is 138 cm³/mol. The van der Waals surface area contributed by atoms with Gasteiger partial charge in [0.1, 0.15) is 0 Å². The molecule has 8 heteroatoms. The molecule has 0 aliphatic carbocycles. The van der Waals surface area contributed by atoms with E-state index in [0.29, 0.717) is 22.7 Å². The van der Waals surface area contributed by atoms with E-state index in [0.717, 1.165) is 16.8 Å². The fourth-order valence-corrected chi connectivity index (χ4v) is 3.11. The molecule has 3 rings (SSSR count). The first-order valence-corrected chi connectivity index (χ1v) is 11.1. The Kier molecular flexibility index (Phi) is 8.83. The lowest BCUT2D eigenvalue weighted by atomic mass is 10.1. The predicted octanol–water partition coefficient (Wildman–Crippen LogP) is 4.20. The standard InChI is InChI=1S/C27H30N4O4/c1-18-5-9-22(10-6-18)30-27(33)17-35-24-12-8-21(14-25(24)34-4)15-29-31-26(32)16-28-23-11-7-19(2)20(3)13-23/h5-15,28H,16-17H2,1-4H3,(H,30,33)(H,31,32)/b29-15+. The first kappa shape index (κ1) is 25.3. The van der Waals surface area contributed by atoms with E-state index in [1.54, 1.807) is 18.2 Å². The number of anilines is 2. The highest BCUT2D eigenvalue weighted by Gasteiger charge is 2.09. The second kappa shape index (κ2) is 12.2. The number of hydrogen-bond donors (Lipinski definition) is 3. The minimum Gasteiger partial charge on any atom is -0.493 e. The number of amides is 2. The molecule has 0 bridgehead atoms. The third-order valence-corrected chi connectivity index (χ3v) is 5.24. The quantitative estimate of drug-likeness (QED) is 0.302. The molecule has 0 unspecified atom stereocenters. The summed E-state index contributed by atoms with van der Waals surface area (Å²) in [7, 11) is 1.51. The van der Waals surface area contributed by atoms with Gasteiger partial charge >= 0.3 is 0 Å². The van der Waals surface area contributed by atoms with Crippen molar-refractivity contribution in [2.45, 2.75) is 20.8 Å². The summed E-state index contributed by atoms with van der Waals surface area (Å²) in [5.74, 6) is 0.315. The number of carbonyl (C=O) groups excluding carboxylic acids is 2. The van der Waals surface area contributed by atoms with Crippen LogP contribution in [0.3, 0.4) is 0 Å². The topological polar surface area (TPSA) is 101 Å². The van der Waals surface area contributed by atoms with Gasteiger partial charge < -0.3 is 20.1 Å². The molecule has 0 heterocycles. The number of hydrazone groups is 1. The van der Waals surface area contributed by atoms with Crippen molar-refractivity contribution >= 4 is 29.4 Å². The summed E-state index contributed by atoms with van der Waals surface area (Å²) in [6, 6.07) is 18.6. The first-order valence-electron chi connectivity index (χ1n) is 11.1. The van der Waals surface area contributed by atoms with Gasteiger partial charge in [0, 0.05) is 11.4 Å². The molecule has 3 N–H and O–H groups in total. The lowest BCUT2D eigenvalue weighted by molar-refractivity contribution is -0.119. The van der Waals surface area contributed by atoms with Crippen molar-refractivity contribution in [1.29, 1.82) is 0 Å². The van der Waals surface area contributed by atoms with Crippen LogP contribution in [0.5, 0.6) is 11.5 Å². The van der Waals surface area contributed by atoms with Gasteiger partial charge in [-0.1, -0.05) is 23.8 Å². The first-order chi connectivity index (χ1) is 16.8. The van der Waals surface area contributed by atoms with E-state index < -0.39 is 0 Å². The van der Waals surface area contributed by atoms with Gasteiger partial charge in [-0.3, -0.25) is 9.59 Å². The molecule has 0 atom stereocenters. The zero-order chi connectivity index (χ0) is 25.2. The normalized spacial score (nSPS) is 10.6. The van der Waals surface area contributed by atoms with E-state index in [4.69, 9.17) is 9.47 Å². The maximum absolute atomic E-state index is 12.2. The third-order valence-electron chi connectivity index (χ3n) is 5.24. The Morgan fingerprint density at radius 3 is 2.31 bits per heavy atom. The Hall–Kier alpha value is -4.33. The fraction of sp³-hybridized carbons (Fsp3) is 0.222. The summed E-state index contributed by atoms with van der Waals surface area (Å²) in [5.41, 5.74) is 8.22. The molecular formula is C27H30N4O4. The molecule has 8 nitrogen and oxygen atoms in total. The van der Waals surface area contributed by atoms with Crippen LogP contribution in [-0.4, -0.2) is 38.3 Å². The van der Waals surface area contributed by atoms with Crippen molar-refractivity contribution in [2.75, 3.05) is 30.9 Å². The average molecular weight is 475 g/mol. The Balaban J connectivity index is 1.48. The molecule has 0 fully saturated rings. The molecule has 0 aliphatic rings. The number of nitrogens with zero attached hydrogens (tertiary/aromatic N) is 1. The fourth-order valence-electron chi connectivity index (χ4n) is 3.11. The molecule has 3 aromatic rings. The van der Waals surface area contributed by atoms with E-state index in [1.165, 1.54) is 18.9 Å². The summed E-state index contributed by atoms with van der Waals surface area (Å²) in [5, 5.41) is 9.85. The number of carbonyl (C=O) groups is 2. The maximum atomic E-state index is 12.2. The van der Waals surface area contributed by atoms with Crippen LogP contribution >= 0.6 is 0 Å². The van der Waals surface area contributed by atoms with Gasteiger partial charge in [0.05, 0.1) is 19.9 Å². The molecule has 0 aliphatic heterocycles. The van der Waals surface area contributed by atoms with Crippen LogP contribution in [0.1, 0.15) is 22.3 Å². The van der Waals surface area contributed by atoms with Crippen LogP contribution in [0.2, 0.25) is 0 Å². The summed E-state index contributed by atoms with van der Waals surface area (Å²) in [6.45, 7) is 5.98. The number of methoxy groups -OCH3 is 1. The van der Waals surface area contributed by atoms with E-state index in [2.05, 4.69) is 21.2 Å². The number of hydrogen-bond acceptors (Lipinski definition) is 6. The van der Waals surface area contributed by atoms with Gasteiger partial charge in [0.15, 0.2) is 18.1 Å². The zero-order valence-corrected chi connectivity index (χ0v) is 20.3. The Labute approximate surface area is 205 Å². The van der Waals surface area contributed by atoms with Crippen molar-refractivity contribution in [3.8, 4) is 11.5 Å². The van der Waals surface area contributed by atoms with Crippen LogP contribution in [0.15, 0.2) is 65.8 Å². The summed E-state index contributed by atoms with van der Waals surface area (Å²) in [4.78, 5) is 24.2. The van der Waals surface area contributed by atoms with Crippen molar-refractivity contribution in [3.63, 3.8) is 0 Å². The van der Waals surface area contributed by atoms with Crippen LogP contribution in [0.4, 0.5) is 11.4 Å². The number of ether oxygens (including phenoxy) is 2. The Morgan fingerprint density at radius 1 is 0.857 bits per heavy atom. The Bertz CT molecular complexity index is 1210. The number of benzene rings is 3. The van der Waals surface area contributed by atoms with E-state index in [1.807, 2.05) is 63.2 Å². The van der Waals surface area contributed by atoms with Crippen LogP contribution in [0.25, 0.3) is 0 Å². The second-order valence-corrected chi connectivity index (χ2v) is 8.06. The van der Waals surface area contributed by atoms with Gasteiger partial charge in [0.2, 0.25) is 0 Å². The maximum Gasteiger partial charge on any atom is 0.262 e. The molecule has 3 aromatic carbocycles. The SMILES string of the molecule is COc1cc(/C=N/NC(=O)CNc2ccc(C)c(C)c2)ccc1OCC(=O)Nc1ccc(C)cc1. The van der Waals surface area contributed by atoms with Crippen molar-refractivity contribution < 1.29 is 19.1 Å². The lowest BCUT2D eigenvalue weighted by Crippen LogP contribution is -2.25. The minimum absolute atomic E-state index is 0.0978. The monoisotopic (exact) mass is 474 g/mol. The van der Waals surface area contributed by atoms with Gasteiger partial charge in [-0.05, 0) is 79.9 Å². The highest BCUT2D eigenvalue weighted by Crippen LogP contribution is 2.27. The molecule has 0 saturated heterocycles. The molecule has 2 amide bonds. The molecular weight excluding hydrogens is 444 g/mol. The highest BCUT2D eigenvalue weighted by atomic mass is 16.5. The number of nitrogens with one attached hydrogen (secondary N) is 3. The van der Waals surface area contributed by atoms with Gasteiger partial charge in [0.25, 0.3) is 11.8 Å². The van der Waals surface area contributed by atoms with Gasteiger partial charge in [-0.25, -0.2) is 5.43 Å². The Morgan fingerprint density at radius 2 is 1.60 bits per heavy atom. The molecule has 0 saturated carbocycles. The summed E-state index contributed by atoms with van der Waals surface area (Å²) in [6.07, 6.45) is 1.50. The van der Waals surface area contributed by atoms with Crippen LogP contribution < -0.4 is 25.5 Å². The van der Waals surface area contributed by atoms with E-state index in [-0.39, 0.29) is 25.0 Å². The summed E-state index contributed by atoms with van der Waals surface area (Å²) >= 11 is 0. The van der Waals surface area contributed by atoms with Gasteiger partial charge in [-0.15, -0.1) is 0 Å².